The lowest BCUT2D eigenvalue weighted by molar-refractivity contribution is 0.0696. The molecule has 224 valence electrons. The number of carbonyl (C=O) groups is 1. The molecule has 1 N–H and O–H groups in total. The minimum Gasteiger partial charge on any atom is -0.478 e. The van der Waals surface area contributed by atoms with Gasteiger partial charge in [0.25, 0.3) is 0 Å². The molecule has 9 nitrogen and oxygen atoms in total. The molecule has 3 aromatic carbocycles. The smallest absolute Gasteiger partial charge is 0.335 e. The molecule has 0 spiro atoms. The fourth-order valence-corrected chi connectivity index (χ4v) is 5.20. The highest BCUT2D eigenvalue weighted by atomic mass is 19.1. The van der Waals surface area contributed by atoms with Gasteiger partial charge in [-0.3, -0.25) is 0 Å². The number of aromatic nitrogens is 4. The number of hydrogen-bond acceptors (Lipinski definition) is 7. The molecule has 45 heavy (non-hydrogen) atoms. The number of ether oxygens (including phenoxy) is 1. The van der Waals surface area contributed by atoms with Crippen molar-refractivity contribution in [1.82, 2.24) is 19.5 Å². The zero-order valence-corrected chi connectivity index (χ0v) is 23.6. The molecule has 0 amide bonds. The van der Waals surface area contributed by atoms with Crippen LogP contribution in [0.15, 0.2) is 60.8 Å². The predicted octanol–water partition coefficient (Wildman–Crippen LogP) is 6.34. The minimum atomic E-state index is -1.29. The van der Waals surface area contributed by atoms with Crippen LogP contribution in [0.25, 0.3) is 22.3 Å². The first-order chi connectivity index (χ1) is 21.7. The van der Waals surface area contributed by atoms with Crippen molar-refractivity contribution >= 4 is 17.0 Å². The summed E-state index contributed by atoms with van der Waals surface area (Å²) in [5.41, 5.74) is 1.13. The highest BCUT2D eigenvalue weighted by Gasteiger charge is 2.43. The number of fused-ring (bicyclic) bond motifs is 1. The maximum absolute atomic E-state index is 15.5. The van der Waals surface area contributed by atoms with Gasteiger partial charge in [-0.2, -0.15) is 15.5 Å². The van der Waals surface area contributed by atoms with E-state index in [9.17, 15) is 23.9 Å². The molecule has 5 aromatic rings. The molecule has 0 saturated heterocycles. The Bertz CT molecular complexity index is 2060. The van der Waals surface area contributed by atoms with E-state index in [-0.39, 0.29) is 64.2 Å². The van der Waals surface area contributed by atoms with Crippen LogP contribution in [-0.2, 0) is 19.6 Å². The molecule has 1 fully saturated rings. The van der Waals surface area contributed by atoms with Crippen molar-refractivity contribution in [2.24, 2.45) is 5.41 Å². The summed E-state index contributed by atoms with van der Waals surface area (Å²) in [5.74, 6) is -2.91. The molecule has 1 saturated carbocycles. The van der Waals surface area contributed by atoms with E-state index in [1.807, 2.05) is 6.07 Å². The number of carboxylic acids is 1. The van der Waals surface area contributed by atoms with Crippen molar-refractivity contribution in [1.29, 1.82) is 10.5 Å². The van der Waals surface area contributed by atoms with Crippen LogP contribution in [0.3, 0.4) is 0 Å². The number of benzene rings is 3. The first-order valence-electron chi connectivity index (χ1n) is 13.9. The molecular formula is C33H23F3N6O3. The van der Waals surface area contributed by atoms with Gasteiger partial charge >= 0.3 is 12.0 Å². The van der Waals surface area contributed by atoms with E-state index in [2.05, 4.69) is 21.0 Å². The molecule has 1 aliphatic rings. The summed E-state index contributed by atoms with van der Waals surface area (Å²) in [5, 5.41) is 27.7. The van der Waals surface area contributed by atoms with Gasteiger partial charge in [-0.05, 0) is 54.8 Å². The van der Waals surface area contributed by atoms with Gasteiger partial charge in [-0.25, -0.2) is 27.9 Å². The summed E-state index contributed by atoms with van der Waals surface area (Å²) in [6, 6.07) is 16.3. The lowest BCUT2D eigenvalue weighted by Gasteiger charge is -2.16. The van der Waals surface area contributed by atoms with Gasteiger partial charge in [-0.15, -0.1) is 0 Å². The number of rotatable bonds is 10. The van der Waals surface area contributed by atoms with Crippen LogP contribution in [0.4, 0.5) is 13.2 Å². The van der Waals surface area contributed by atoms with Gasteiger partial charge in [0.05, 0.1) is 34.5 Å². The molecule has 0 atom stereocenters. The van der Waals surface area contributed by atoms with Crippen molar-refractivity contribution in [3.63, 3.8) is 0 Å². The molecule has 0 unspecified atom stereocenters. The summed E-state index contributed by atoms with van der Waals surface area (Å²) >= 11 is 0. The normalized spacial score (nSPS) is 13.3. The Balaban J connectivity index is 1.27. The van der Waals surface area contributed by atoms with E-state index >= 15 is 4.39 Å². The van der Waals surface area contributed by atoms with Gasteiger partial charge in [0.2, 0.25) is 0 Å². The third kappa shape index (κ3) is 6.04. The summed E-state index contributed by atoms with van der Waals surface area (Å²) in [4.78, 5) is 24.4. The number of hydrogen-bond donors (Lipinski definition) is 1. The summed E-state index contributed by atoms with van der Waals surface area (Å²) in [7, 11) is 0. The number of aromatic carboxylic acids is 1. The van der Waals surface area contributed by atoms with Crippen molar-refractivity contribution in [3.8, 4) is 29.4 Å². The lowest BCUT2D eigenvalue weighted by atomic mass is 10.0. The van der Waals surface area contributed by atoms with Crippen LogP contribution >= 0.6 is 0 Å². The van der Waals surface area contributed by atoms with Gasteiger partial charge in [0, 0.05) is 42.1 Å². The third-order valence-corrected chi connectivity index (χ3v) is 7.91. The van der Waals surface area contributed by atoms with Crippen molar-refractivity contribution < 1.29 is 27.8 Å². The fourth-order valence-electron chi connectivity index (χ4n) is 5.20. The Kier molecular flexibility index (Phi) is 7.65. The molecule has 0 aliphatic heterocycles. The zero-order chi connectivity index (χ0) is 31.7. The monoisotopic (exact) mass is 608 g/mol. The van der Waals surface area contributed by atoms with Crippen LogP contribution in [0.5, 0.6) is 6.01 Å². The topological polar surface area (TPSA) is 138 Å². The van der Waals surface area contributed by atoms with Crippen LogP contribution in [-0.4, -0.2) is 30.6 Å². The van der Waals surface area contributed by atoms with E-state index in [1.54, 1.807) is 22.8 Å². The Labute approximate surface area is 254 Å². The van der Waals surface area contributed by atoms with Crippen molar-refractivity contribution in [2.75, 3.05) is 0 Å². The molecule has 2 heterocycles. The van der Waals surface area contributed by atoms with E-state index in [0.29, 0.717) is 23.6 Å². The molecular weight excluding hydrogens is 585 g/mol. The first-order valence-corrected chi connectivity index (χ1v) is 13.9. The first kappa shape index (κ1) is 29.3. The van der Waals surface area contributed by atoms with Gasteiger partial charge in [-0.1, -0.05) is 18.2 Å². The standard InChI is InChI=1S/C33H23F3N6O3/c34-24-11-19(16-38)1-2-22(24)17-45-32-39-10-5-27(40-32)21-4-3-20(25(35)12-21)15-29-41-30-26(36)13-23(31(43)44)14-28(30)42(29)18-33(6-7-33)8-9-37/h1-5,10-14H,6-8,15,17-18H2,(H,43,44). The van der Waals surface area contributed by atoms with Crippen molar-refractivity contribution in [2.45, 2.75) is 38.8 Å². The van der Waals surface area contributed by atoms with E-state index < -0.39 is 23.4 Å². The maximum atomic E-state index is 15.5. The number of imidazole rings is 1. The zero-order valence-electron chi connectivity index (χ0n) is 23.6. The Hall–Kier alpha value is -5.75. The largest absolute Gasteiger partial charge is 0.478 e. The summed E-state index contributed by atoms with van der Waals surface area (Å²) in [6.07, 6.45) is 3.27. The van der Waals surface area contributed by atoms with Gasteiger partial charge in [0.15, 0.2) is 5.82 Å². The average Bonchev–Trinajstić information content (AvgIpc) is 3.70. The average molecular weight is 609 g/mol. The Morgan fingerprint density at radius 1 is 0.978 bits per heavy atom. The van der Waals surface area contributed by atoms with Gasteiger partial charge < -0.3 is 14.4 Å². The van der Waals surface area contributed by atoms with Crippen LogP contribution in [0.1, 0.15) is 52.1 Å². The maximum Gasteiger partial charge on any atom is 0.335 e. The highest BCUT2D eigenvalue weighted by Crippen LogP contribution is 2.50. The highest BCUT2D eigenvalue weighted by molar-refractivity contribution is 5.92. The molecule has 0 bridgehead atoms. The van der Waals surface area contributed by atoms with Crippen LogP contribution < -0.4 is 4.74 Å². The quantitative estimate of drug-likeness (QED) is 0.194. The molecule has 0 radical (unpaired) electrons. The second-order valence-corrected chi connectivity index (χ2v) is 11.0. The lowest BCUT2D eigenvalue weighted by Crippen LogP contribution is -2.15. The minimum absolute atomic E-state index is 0.0143. The van der Waals surface area contributed by atoms with Crippen LogP contribution in [0.2, 0.25) is 0 Å². The second kappa shape index (κ2) is 11.7. The summed E-state index contributed by atoms with van der Waals surface area (Å²) < 4.78 is 52.0. The molecule has 1 aliphatic carbocycles. The Morgan fingerprint density at radius 3 is 2.44 bits per heavy atom. The van der Waals surface area contributed by atoms with E-state index in [1.165, 1.54) is 30.5 Å². The predicted molar refractivity (Wildman–Crippen MR) is 154 cm³/mol. The Morgan fingerprint density at radius 2 is 1.76 bits per heavy atom. The number of halogens is 3. The van der Waals surface area contributed by atoms with E-state index in [4.69, 9.17) is 10.00 Å². The number of nitriles is 2. The third-order valence-electron chi connectivity index (χ3n) is 7.91. The molecule has 12 heteroatoms. The number of carboxylic acid groups (broad SMARTS) is 1. The van der Waals surface area contributed by atoms with Gasteiger partial charge in [0.1, 0.15) is 29.6 Å². The molecule has 2 aromatic heterocycles. The van der Waals surface area contributed by atoms with Crippen LogP contribution in [0, 0.1) is 45.5 Å². The van der Waals surface area contributed by atoms with E-state index in [0.717, 1.165) is 25.0 Å². The number of nitrogens with zero attached hydrogens (tertiary/aromatic N) is 6. The fraction of sp³-hybridized carbons (Fsp3) is 0.212. The summed E-state index contributed by atoms with van der Waals surface area (Å²) in [6.45, 7) is 0.143. The second-order valence-electron chi connectivity index (χ2n) is 11.0. The molecule has 6 rings (SSSR count). The van der Waals surface area contributed by atoms with Crippen molar-refractivity contribution in [3.05, 3.63) is 106 Å². The SMILES string of the molecule is N#CCC1(Cn2c(Cc3ccc(-c4ccnc(OCc5ccc(C#N)cc5F)n4)cc3F)nc3c(F)cc(C(=O)O)cc32)CC1.